The molecule has 1 aliphatic heterocycles. The van der Waals surface area contributed by atoms with Gasteiger partial charge in [-0.05, 0) is 42.5 Å². The number of ketones is 1. The van der Waals surface area contributed by atoms with Crippen molar-refractivity contribution in [2.75, 3.05) is 33.4 Å². The summed E-state index contributed by atoms with van der Waals surface area (Å²) in [6.07, 6.45) is 8.37. The predicted molar refractivity (Wildman–Crippen MR) is 144 cm³/mol. The van der Waals surface area contributed by atoms with E-state index in [9.17, 15) is 9.18 Å². The summed E-state index contributed by atoms with van der Waals surface area (Å²) in [6, 6.07) is 8.39. The molecule has 1 aliphatic carbocycles. The van der Waals surface area contributed by atoms with Crippen LogP contribution in [-0.2, 0) is 27.4 Å². The third kappa shape index (κ3) is 7.02. The second-order valence-corrected chi connectivity index (χ2v) is 10.5. The summed E-state index contributed by atoms with van der Waals surface area (Å²) in [5, 5.41) is 3.16. The number of imidazole rings is 1. The monoisotopic (exact) mass is 538 g/mol. The number of hydrogen-bond donors (Lipinski definition) is 1. The Labute approximate surface area is 224 Å². The van der Waals surface area contributed by atoms with Crippen LogP contribution in [0.1, 0.15) is 24.8 Å². The van der Waals surface area contributed by atoms with Crippen LogP contribution in [0.4, 0.5) is 4.39 Å². The molecule has 4 heterocycles. The van der Waals surface area contributed by atoms with Crippen LogP contribution in [-0.4, -0.2) is 53.7 Å². The van der Waals surface area contributed by atoms with Crippen molar-refractivity contribution in [3.8, 4) is 22.1 Å². The lowest BCUT2D eigenvalue weighted by molar-refractivity contribution is -0.118. The van der Waals surface area contributed by atoms with Gasteiger partial charge in [0.2, 0.25) is 0 Å². The van der Waals surface area contributed by atoms with E-state index in [0.29, 0.717) is 30.4 Å². The van der Waals surface area contributed by atoms with Crippen molar-refractivity contribution < 1.29 is 23.4 Å². The van der Waals surface area contributed by atoms with E-state index in [2.05, 4.69) is 15.3 Å². The van der Waals surface area contributed by atoms with Gasteiger partial charge in [0.1, 0.15) is 18.3 Å². The molecule has 6 rings (SSSR count). The average Bonchev–Trinajstić information content (AvgIpc) is 3.42. The number of methoxy groups -OCH3 is 1. The quantitative estimate of drug-likeness (QED) is 0.313. The summed E-state index contributed by atoms with van der Waals surface area (Å²) in [5.74, 6) is 0.861. The molecule has 0 atom stereocenters. The van der Waals surface area contributed by atoms with Gasteiger partial charge in [0.25, 0.3) is 0 Å². The zero-order valence-electron chi connectivity index (χ0n) is 21.3. The summed E-state index contributed by atoms with van der Waals surface area (Å²) in [4.78, 5) is 21.8. The lowest BCUT2D eigenvalue weighted by Gasteiger charge is -2.10. The first-order valence-electron chi connectivity index (χ1n) is 12.7. The molecule has 38 heavy (non-hydrogen) atoms. The number of carbonyl (C=O) groups is 1. The summed E-state index contributed by atoms with van der Waals surface area (Å²) in [6.45, 7) is 4.26. The van der Waals surface area contributed by atoms with Crippen LogP contribution in [0.3, 0.4) is 0 Å². The zero-order chi connectivity index (χ0) is 26.3. The number of aromatic nitrogens is 3. The average molecular weight is 539 g/mol. The Bertz CT molecular complexity index is 1370. The highest BCUT2D eigenvalue weighted by Crippen LogP contribution is 2.39. The first-order valence-corrected chi connectivity index (χ1v) is 13.6. The third-order valence-electron chi connectivity index (χ3n) is 6.22. The molecule has 1 N–H and O–H groups in total. The largest absolute Gasteiger partial charge is 0.453 e. The molecule has 0 spiro atoms. The van der Waals surface area contributed by atoms with Gasteiger partial charge < -0.3 is 24.1 Å². The van der Waals surface area contributed by atoms with Crippen molar-refractivity contribution in [1.29, 1.82) is 0 Å². The standard InChI is InChI=1S/C24H22FN3O3S.C4H9NO/c1-30-14-28-12-20(27-13-28)23-11-19-24(32-23)22(6-7-26-19)31-21-5-4-16(10-18(21)25)9-17(29)8-15-2-3-15;1-3-6-4-2-5-1/h4-7,10-13,15H,2-3,8-9,14H2,1H3;5H,1-4H2. The number of carbonyl (C=O) groups excluding carboxylic acids is 1. The van der Waals surface area contributed by atoms with Gasteiger partial charge in [-0.15, -0.1) is 11.3 Å². The number of pyridine rings is 1. The normalized spacial score (nSPS) is 15.2. The SMILES string of the molecule is C1COCCN1.COCn1cnc(-c2cc3nccc(Oc4ccc(CC(=O)CC5CC5)cc4F)c3s2)c1. The molecule has 0 amide bonds. The maximum Gasteiger partial charge on any atom is 0.166 e. The lowest BCUT2D eigenvalue weighted by atomic mass is 10.0. The molecular formula is C28H31FN4O4S. The fraction of sp³-hybridized carbons (Fsp3) is 0.393. The number of thiophene rings is 1. The Morgan fingerprint density at radius 2 is 2.03 bits per heavy atom. The lowest BCUT2D eigenvalue weighted by Crippen LogP contribution is -2.30. The Kier molecular flexibility index (Phi) is 8.75. The van der Waals surface area contributed by atoms with E-state index in [1.54, 1.807) is 37.8 Å². The number of fused-ring (bicyclic) bond motifs is 1. The van der Waals surface area contributed by atoms with E-state index < -0.39 is 5.82 Å². The maximum atomic E-state index is 14.7. The van der Waals surface area contributed by atoms with Crippen LogP contribution in [0.5, 0.6) is 11.5 Å². The molecule has 2 fully saturated rings. The minimum absolute atomic E-state index is 0.121. The smallest absolute Gasteiger partial charge is 0.166 e. The number of nitrogens with zero attached hydrogens (tertiary/aromatic N) is 3. The number of morpholine rings is 1. The minimum atomic E-state index is -0.484. The molecular weight excluding hydrogens is 507 g/mol. The van der Waals surface area contributed by atoms with Gasteiger partial charge in [-0.2, -0.15) is 0 Å². The summed E-state index contributed by atoms with van der Waals surface area (Å²) in [7, 11) is 1.63. The van der Waals surface area contributed by atoms with Crippen LogP contribution in [0.2, 0.25) is 0 Å². The Morgan fingerprint density at radius 3 is 2.71 bits per heavy atom. The van der Waals surface area contributed by atoms with Gasteiger partial charge in [0, 0.05) is 51.5 Å². The van der Waals surface area contributed by atoms with E-state index in [4.69, 9.17) is 14.2 Å². The molecule has 2 aliphatic rings. The molecule has 200 valence electrons. The summed E-state index contributed by atoms with van der Waals surface area (Å²) >= 11 is 1.49. The van der Waals surface area contributed by atoms with Gasteiger partial charge in [-0.3, -0.25) is 9.78 Å². The third-order valence-corrected chi connectivity index (χ3v) is 7.38. The van der Waals surface area contributed by atoms with E-state index in [1.165, 1.54) is 17.4 Å². The molecule has 8 nitrogen and oxygen atoms in total. The van der Waals surface area contributed by atoms with Gasteiger partial charge in [0.15, 0.2) is 11.6 Å². The van der Waals surface area contributed by atoms with Gasteiger partial charge in [-0.1, -0.05) is 6.07 Å². The van der Waals surface area contributed by atoms with Gasteiger partial charge in [-0.25, -0.2) is 9.37 Å². The molecule has 1 saturated heterocycles. The number of halogens is 1. The molecule has 1 aromatic carbocycles. The maximum absolute atomic E-state index is 14.7. The summed E-state index contributed by atoms with van der Waals surface area (Å²) in [5.41, 5.74) is 2.24. The predicted octanol–water partition coefficient (Wildman–Crippen LogP) is 5.21. The highest BCUT2D eigenvalue weighted by molar-refractivity contribution is 7.22. The van der Waals surface area contributed by atoms with E-state index in [1.807, 2.05) is 16.8 Å². The topological polar surface area (TPSA) is 87.5 Å². The van der Waals surface area contributed by atoms with Crippen LogP contribution in [0, 0.1) is 11.7 Å². The molecule has 1 saturated carbocycles. The highest BCUT2D eigenvalue weighted by atomic mass is 32.1. The number of hydrogen-bond acceptors (Lipinski definition) is 8. The van der Waals surface area contributed by atoms with Crippen molar-refractivity contribution in [3.63, 3.8) is 0 Å². The highest BCUT2D eigenvalue weighted by Gasteiger charge is 2.24. The molecule has 0 radical (unpaired) electrons. The van der Waals surface area contributed by atoms with Crippen molar-refractivity contribution in [2.45, 2.75) is 32.4 Å². The van der Waals surface area contributed by atoms with E-state index in [-0.39, 0.29) is 18.0 Å². The van der Waals surface area contributed by atoms with Crippen LogP contribution < -0.4 is 10.1 Å². The Morgan fingerprint density at radius 1 is 1.18 bits per heavy atom. The number of ether oxygens (including phenoxy) is 3. The zero-order valence-corrected chi connectivity index (χ0v) is 22.1. The molecule has 10 heteroatoms. The minimum Gasteiger partial charge on any atom is -0.453 e. The van der Waals surface area contributed by atoms with Gasteiger partial charge in [0.05, 0.1) is 40.3 Å². The molecule has 0 unspecified atom stereocenters. The number of rotatable bonds is 9. The Hall–Kier alpha value is -3.18. The van der Waals surface area contributed by atoms with E-state index in [0.717, 1.165) is 59.9 Å². The first-order chi connectivity index (χ1) is 18.6. The Balaban J connectivity index is 0.000000433. The van der Waals surface area contributed by atoms with Crippen molar-refractivity contribution in [2.24, 2.45) is 5.92 Å². The number of benzene rings is 1. The first kappa shape index (κ1) is 26.4. The van der Waals surface area contributed by atoms with Crippen molar-refractivity contribution in [1.82, 2.24) is 19.9 Å². The fourth-order valence-corrected chi connectivity index (χ4v) is 5.17. The van der Waals surface area contributed by atoms with Crippen LogP contribution >= 0.6 is 11.3 Å². The van der Waals surface area contributed by atoms with Crippen molar-refractivity contribution >= 4 is 27.3 Å². The second-order valence-electron chi connectivity index (χ2n) is 9.42. The number of Topliss-reactive ketones (excluding diaryl/α,β-unsaturated/α-hetero) is 1. The number of nitrogens with one attached hydrogen (secondary N) is 1. The molecule has 0 bridgehead atoms. The van der Waals surface area contributed by atoms with Crippen LogP contribution in [0.15, 0.2) is 49.1 Å². The molecule has 3 aromatic heterocycles. The van der Waals surface area contributed by atoms with Gasteiger partial charge >= 0.3 is 0 Å². The fourth-order valence-electron chi connectivity index (χ4n) is 4.14. The van der Waals surface area contributed by atoms with Crippen molar-refractivity contribution in [3.05, 3.63) is 60.4 Å². The van der Waals surface area contributed by atoms with Crippen LogP contribution in [0.25, 0.3) is 20.8 Å². The molecule has 4 aromatic rings. The van der Waals surface area contributed by atoms with E-state index >= 15 is 0 Å². The summed E-state index contributed by atoms with van der Waals surface area (Å²) < 4.78 is 33.4. The second kappa shape index (κ2) is 12.6.